The highest BCUT2D eigenvalue weighted by atomic mass is 32.1. The van der Waals surface area contributed by atoms with Gasteiger partial charge in [0.05, 0.1) is 10.4 Å². The number of thiophene rings is 1. The van der Waals surface area contributed by atoms with Crippen molar-refractivity contribution in [3.63, 3.8) is 0 Å². The summed E-state index contributed by atoms with van der Waals surface area (Å²) in [4.78, 5) is 32.8. The lowest BCUT2D eigenvalue weighted by atomic mass is 10.2. The second kappa shape index (κ2) is 6.86. The van der Waals surface area contributed by atoms with E-state index in [0.29, 0.717) is 23.3 Å². The first-order valence-electron chi connectivity index (χ1n) is 7.96. The number of H-pyrrole nitrogens is 2. The van der Waals surface area contributed by atoms with Gasteiger partial charge in [0.25, 0.3) is 5.91 Å². The lowest BCUT2D eigenvalue weighted by molar-refractivity contribution is 0.0954. The summed E-state index contributed by atoms with van der Waals surface area (Å²) >= 11 is 1.59. The van der Waals surface area contributed by atoms with Crippen LogP contribution in [0.5, 0.6) is 0 Å². The number of hydrogen-bond acceptors (Lipinski definition) is 5. The molecular weight excluding hydrogens is 336 g/mol. The van der Waals surface area contributed by atoms with Crippen molar-refractivity contribution in [2.45, 2.75) is 12.8 Å². The van der Waals surface area contributed by atoms with Gasteiger partial charge in [0.2, 0.25) is 0 Å². The number of aromatic amines is 2. The highest BCUT2D eigenvalue weighted by molar-refractivity contribution is 7.13. The predicted molar refractivity (Wildman–Crippen MR) is 96.4 cm³/mol. The Balaban J connectivity index is 1.47. The molecule has 1 amide bonds. The molecule has 4 aromatic rings. The van der Waals surface area contributed by atoms with E-state index >= 15 is 0 Å². The first-order chi connectivity index (χ1) is 12.3. The molecule has 0 aliphatic carbocycles. The van der Waals surface area contributed by atoms with E-state index in [2.05, 4.69) is 30.2 Å². The summed E-state index contributed by atoms with van der Waals surface area (Å²) in [5, 5.41) is 4.93. The zero-order chi connectivity index (χ0) is 17.1. The average Bonchev–Trinajstić information content (AvgIpc) is 3.38. The van der Waals surface area contributed by atoms with E-state index in [0.717, 1.165) is 29.4 Å². The van der Waals surface area contributed by atoms with Crippen molar-refractivity contribution in [2.24, 2.45) is 0 Å². The van der Waals surface area contributed by atoms with E-state index in [-0.39, 0.29) is 5.91 Å². The van der Waals surface area contributed by atoms with Gasteiger partial charge in [-0.05, 0) is 23.9 Å². The zero-order valence-corrected chi connectivity index (χ0v) is 14.1. The van der Waals surface area contributed by atoms with Crippen LogP contribution in [0.2, 0.25) is 0 Å². The molecule has 0 aliphatic rings. The van der Waals surface area contributed by atoms with Crippen LogP contribution < -0.4 is 5.32 Å². The molecule has 0 unspecified atom stereocenters. The molecule has 0 saturated heterocycles. The number of fused-ring (bicyclic) bond motifs is 1. The average molecular weight is 352 g/mol. The Hall–Kier alpha value is -3.00. The molecular formula is C17H16N6OS. The fourth-order valence-electron chi connectivity index (χ4n) is 2.61. The maximum Gasteiger partial charge on any atom is 0.253 e. The highest BCUT2D eigenvalue weighted by Crippen LogP contribution is 2.25. The van der Waals surface area contributed by atoms with E-state index in [4.69, 9.17) is 0 Å². The molecule has 4 aromatic heterocycles. The van der Waals surface area contributed by atoms with Crippen LogP contribution in [-0.4, -0.2) is 37.4 Å². The molecule has 0 bridgehead atoms. The van der Waals surface area contributed by atoms with Crippen molar-refractivity contribution in [1.29, 1.82) is 0 Å². The molecule has 0 spiro atoms. The van der Waals surface area contributed by atoms with Gasteiger partial charge >= 0.3 is 0 Å². The van der Waals surface area contributed by atoms with Gasteiger partial charge in [0.15, 0.2) is 5.65 Å². The summed E-state index contributed by atoms with van der Waals surface area (Å²) in [5.41, 5.74) is 1.74. The molecule has 7 nitrogen and oxygen atoms in total. The number of carbonyl (C=O) groups is 1. The Labute approximate surface area is 147 Å². The largest absolute Gasteiger partial charge is 0.352 e. The molecule has 0 aliphatic heterocycles. The van der Waals surface area contributed by atoms with Crippen LogP contribution in [0, 0.1) is 0 Å². The van der Waals surface area contributed by atoms with Crippen LogP contribution in [0.1, 0.15) is 22.6 Å². The van der Waals surface area contributed by atoms with E-state index in [1.807, 2.05) is 17.5 Å². The Bertz CT molecular complexity index is 974. The third kappa shape index (κ3) is 3.29. The molecule has 8 heteroatoms. The molecule has 0 radical (unpaired) electrons. The maximum absolute atomic E-state index is 12.5. The molecule has 0 aromatic carbocycles. The van der Waals surface area contributed by atoms with Gasteiger partial charge in [-0.25, -0.2) is 15.0 Å². The Morgan fingerprint density at radius 2 is 2.20 bits per heavy atom. The smallest absolute Gasteiger partial charge is 0.253 e. The van der Waals surface area contributed by atoms with Crippen LogP contribution in [0.4, 0.5) is 0 Å². The minimum absolute atomic E-state index is 0.143. The summed E-state index contributed by atoms with van der Waals surface area (Å²) in [6.45, 7) is 0.575. The summed E-state index contributed by atoms with van der Waals surface area (Å²) in [6.07, 6.45) is 6.75. The fraction of sp³-hybridized carbons (Fsp3) is 0.176. The van der Waals surface area contributed by atoms with Gasteiger partial charge in [-0.15, -0.1) is 11.3 Å². The number of nitrogens with zero attached hydrogens (tertiary/aromatic N) is 3. The number of aryl methyl sites for hydroxylation is 1. The molecule has 3 N–H and O–H groups in total. The number of rotatable bonds is 6. The Morgan fingerprint density at radius 3 is 3.00 bits per heavy atom. The van der Waals surface area contributed by atoms with Gasteiger partial charge < -0.3 is 15.3 Å². The van der Waals surface area contributed by atoms with E-state index < -0.39 is 0 Å². The topological polar surface area (TPSA) is 99.4 Å². The van der Waals surface area contributed by atoms with Crippen LogP contribution in [0.15, 0.2) is 42.2 Å². The van der Waals surface area contributed by atoms with Crippen molar-refractivity contribution in [3.8, 4) is 10.7 Å². The third-order valence-electron chi connectivity index (χ3n) is 3.81. The Kier molecular flexibility index (Phi) is 4.26. The molecule has 25 heavy (non-hydrogen) atoms. The van der Waals surface area contributed by atoms with Crippen LogP contribution in [0.3, 0.4) is 0 Å². The number of pyridine rings is 1. The second-order valence-electron chi connectivity index (χ2n) is 5.51. The highest BCUT2D eigenvalue weighted by Gasteiger charge is 2.15. The maximum atomic E-state index is 12.5. The molecule has 126 valence electrons. The van der Waals surface area contributed by atoms with Crippen LogP contribution in [0.25, 0.3) is 21.9 Å². The van der Waals surface area contributed by atoms with Gasteiger partial charge in [0, 0.05) is 31.6 Å². The predicted octanol–water partition coefficient (Wildman–Crippen LogP) is 2.77. The first-order valence-corrected chi connectivity index (χ1v) is 8.84. The molecule has 4 rings (SSSR count). The van der Waals surface area contributed by atoms with E-state index in [9.17, 15) is 4.79 Å². The van der Waals surface area contributed by atoms with Crippen molar-refractivity contribution >= 4 is 28.4 Å². The minimum atomic E-state index is -0.143. The van der Waals surface area contributed by atoms with E-state index in [1.165, 1.54) is 0 Å². The van der Waals surface area contributed by atoms with E-state index in [1.54, 1.807) is 36.0 Å². The Morgan fingerprint density at radius 1 is 1.24 bits per heavy atom. The van der Waals surface area contributed by atoms with Crippen LogP contribution in [-0.2, 0) is 6.42 Å². The van der Waals surface area contributed by atoms with Gasteiger partial charge in [0.1, 0.15) is 17.2 Å². The van der Waals surface area contributed by atoms with Crippen LogP contribution >= 0.6 is 11.3 Å². The number of imidazole rings is 2. The van der Waals surface area contributed by atoms with Crippen molar-refractivity contribution in [1.82, 2.24) is 30.2 Å². The van der Waals surface area contributed by atoms with Gasteiger partial charge in [-0.3, -0.25) is 4.79 Å². The van der Waals surface area contributed by atoms with Gasteiger partial charge in [-0.1, -0.05) is 6.07 Å². The SMILES string of the molecule is O=C(NCCCc1ncc[nH]1)c1ccnc2[nH]c(-c3cccs3)nc12. The van der Waals surface area contributed by atoms with Crippen molar-refractivity contribution in [2.75, 3.05) is 6.54 Å². The molecule has 4 heterocycles. The van der Waals surface area contributed by atoms with Crippen molar-refractivity contribution < 1.29 is 4.79 Å². The molecule has 0 fully saturated rings. The quantitative estimate of drug-likeness (QED) is 0.465. The normalized spacial score (nSPS) is 11.0. The minimum Gasteiger partial charge on any atom is -0.352 e. The number of aromatic nitrogens is 5. The zero-order valence-electron chi connectivity index (χ0n) is 13.3. The first kappa shape index (κ1) is 15.5. The van der Waals surface area contributed by atoms with Gasteiger partial charge in [-0.2, -0.15) is 0 Å². The van der Waals surface area contributed by atoms with Crippen molar-refractivity contribution in [3.05, 3.63) is 53.6 Å². The number of amides is 1. The lowest BCUT2D eigenvalue weighted by Crippen LogP contribution is -2.25. The monoisotopic (exact) mass is 352 g/mol. The summed E-state index contributed by atoms with van der Waals surface area (Å²) in [6, 6.07) is 5.65. The number of carbonyl (C=O) groups excluding carboxylic acids is 1. The number of nitrogens with one attached hydrogen (secondary N) is 3. The fourth-order valence-corrected chi connectivity index (χ4v) is 3.28. The third-order valence-corrected chi connectivity index (χ3v) is 4.69. The molecule has 0 atom stereocenters. The molecule has 0 saturated carbocycles. The summed E-state index contributed by atoms with van der Waals surface area (Å²) in [7, 11) is 0. The second-order valence-corrected chi connectivity index (χ2v) is 6.46. The standard InChI is InChI=1S/C17H16N6OS/c24-17(21-6-1-4-13-18-8-9-19-13)11-5-7-20-16-14(11)22-15(23-16)12-3-2-10-25-12/h2-3,5,7-10H,1,4,6H2,(H,18,19)(H,21,24)(H,20,22,23). The number of hydrogen-bond donors (Lipinski definition) is 3. The summed E-state index contributed by atoms with van der Waals surface area (Å²) < 4.78 is 0. The summed E-state index contributed by atoms with van der Waals surface area (Å²) in [5.74, 6) is 1.51. The lowest BCUT2D eigenvalue weighted by Gasteiger charge is -2.04.